The van der Waals surface area contributed by atoms with Gasteiger partial charge >= 0.3 is 0 Å². The maximum absolute atomic E-state index is 11.9. The normalized spacial score (nSPS) is 10.7. The molecule has 24 heavy (non-hydrogen) atoms. The molecule has 1 rings (SSSR count). The molecule has 0 fully saturated rings. The average molecular weight is 333 g/mol. The number of unbranched alkanes of at least 4 members (excludes halogenated alkanes) is 4. The molecule has 0 saturated carbocycles. The number of nitrogens with one attached hydrogen (secondary N) is 3. The van der Waals surface area contributed by atoms with E-state index in [-0.39, 0.29) is 17.9 Å². The first-order valence-electron chi connectivity index (χ1n) is 8.94. The topological polar surface area (TPSA) is 70.2 Å². The summed E-state index contributed by atoms with van der Waals surface area (Å²) in [5, 5.41) is 8.82. The molecule has 0 aliphatic heterocycles. The summed E-state index contributed by atoms with van der Waals surface area (Å²) in [7, 11) is 0. The Bertz CT molecular complexity index is 498. The molecule has 0 aliphatic carbocycles. The van der Waals surface area contributed by atoms with Crippen LogP contribution in [-0.2, 0) is 4.79 Å². The van der Waals surface area contributed by atoms with Crippen LogP contribution in [0.25, 0.3) is 0 Å². The van der Waals surface area contributed by atoms with Crippen molar-refractivity contribution in [2.75, 3.05) is 18.4 Å². The summed E-state index contributed by atoms with van der Waals surface area (Å²) >= 11 is 0. The zero-order valence-corrected chi connectivity index (χ0v) is 15.2. The molecular weight excluding hydrogens is 302 g/mol. The van der Waals surface area contributed by atoms with Crippen LogP contribution in [0, 0.1) is 0 Å². The van der Waals surface area contributed by atoms with Gasteiger partial charge < -0.3 is 16.0 Å². The Balaban J connectivity index is 2.26. The van der Waals surface area contributed by atoms with Gasteiger partial charge in [-0.05, 0) is 51.1 Å². The Morgan fingerprint density at radius 1 is 1.00 bits per heavy atom. The molecular formula is C19H31N3O2. The van der Waals surface area contributed by atoms with E-state index in [4.69, 9.17) is 0 Å². The average Bonchev–Trinajstić information content (AvgIpc) is 2.54. The molecule has 134 valence electrons. The SMILES string of the molecule is CCCCCCCNCC(=O)Nc1ccc(C(=O)NC(C)C)cc1. The maximum atomic E-state index is 11.9. The summed E-state index contributed by atoms with van der Waals surface area (Å²) in [6, 6.07) is 7.03. The summed E-state index contributed by atoms with van der Waals surface area (Å²) < 4.78 is 0. The van der Waals surface area contributed by atoms with Gasteiger partial charge in [-0.3, -0.25) is 9.59 Å². The number of rotatable bonds is 11. The van der Waals surface area contributed by atoms with Crippen LogP contribution in [0.5, 0.6) is 0 Å². The van der Waals surface area contributed by atoms with Crippen LogP contribution < -0.4 is 16.0 Å². The second-order valence-corrected chi connectivity index (χ2v) is 6.34. The van der Waals surface area contributed by atoms with E-state index < -0.39 is 0 Å². The van der Waals surface area contributed by atoms with Gasteiger partial charge in [0.15, 0.2) is 0 Å². The second-order valence-electron chi connectivity index (χ2n) is 6.34. The Labute approximate surface area is 145 Å². The highest BCUT2D eigenvalue weighted by Gasteiger charge is 2.07. The van der Waals surface area contributed by atoms with E-state index in [2.05, 4.69) is 22.9 Å². The van der Waals surface area contributed by atoms with Crippen molar-refractivity contribution >= 4 is 17.5 Å². The first kappa shape index (κ1) is 20.2. The first-order chi connectivity index (χ1) is 11.5. The zero-order chi connectivity index (χ0) is 17.8. The molecule has 0 bridgehead atoms. The molecule has 0 radical (unpaired) electrons. The molecule has 0 heterocycles. The number of amides is 2. The number of anilines is 1. The van der Waals surface area contributed by atoms with Gasteiger partial charge in [0.05, 0.1) is 6.54 Å². The second kappa shape index (κ2) is 11.6. The number of benzene rings is 1. The lowest BCUT2D eigenvalue weighted by molar-refractivity contribution is -0.115. The third-order valence-electron chi connectivity index (χ3n) is 3.59. The lowest BCUT2D eigenvalue weighted by Gasteiger charge is -2.10. The molecule has 0 unspecified atom stereocenters. The molecule has 2 amide bonds. The van der Waals surface area contributed by atoms with Crippen LogP contribution in [0.4, 0.5) is 5.69 Å². The summed E-state index contributed by atoms with van der Waals surface area (Å²) in [4.78, 5) is 23.7. The molecule has 5 nitrogen and oxygen atoms in total. The first-order valence-corrected chi connectivity index (χ1v) is 8.94. The monoisotopic (exact) mass is 333 g/mol. The number of carbonyl (C=O) groups excluding carboxylic acids is 2. The van der Waals surface area contributed by atoms with Crippen LogP contribution in [0.3, 0.4) is 0 Å². The van der Waals surface area contributed by atoms with Gasteiger partial charge in [0, 0.05) is 17.3 Å². The largest absolute Gasteiger partial charge is 0.350 e. The maximum Gasteiger partial charge on any atom is 0.251 e. The third-order valence-corrected chi connectivity index (χ3v) is 3.59. The highest BCUT2D eigenvalue weighted by Crippen LogP contribution is 2.09. The van der Waals surface area contributed by atoms with E-state index in [9.17, 15) is 9.59 Å². The smallest absolute Gasteiger partial charge is 0.251 e. The molecule has 0 aromatic heterocycles. The van der Waals surface area contributed by atoms with Crippen molar-refractivity contribution in [2.24, 2.45) is 0 Å². The molecule has 1 aromatic carbocycles. The van der Waals surface area contributed by atoms with Crippen LogP contribution in [0.1, 0.15) is 63.2 Å². The molecule has 5 heteroatoms. The Morgan fingerprint density at radius 3 is 2.29 bits per heavy atom. The molecule has 1 aromatic rings. The lowest BCUT2D eigenvalue weighted by atomic mass is 10.1. The fourth-order valence-electron chi connectivity index (χ4n) is 2.31. The van der Waals surface area contributed by atoms with Crippen molar-refractivity contribution in [2.45, 2.75) is 58.9 Å². The fraction of sp³-hybridized carbons (Fsp3) is 0.579. The van der Waals surface area contributed by atoms with Crippen molar-refractivity contribution in [3.05, 3.63) is 29.8 Å². The third kappa shape index (κ3) is 8.67. The van der Waals surface area contributed by atoms with Crippen LogP contribution in [0.15, 0.2) is 24.3 Å². The minimum Gasteiger partial charge on any atom is -0.350 e. The van der Waals surface area contributed by atoms with Gasteiger partial charge in [0.2, 0.25) is 5.91 Å². The van der Waals surface area contributed by atoms with Gasteiger partial charge in [-0.15, -0.1) is 0 Å². The van der Waals surface area contributed by atoms with Gasteiger partial charge in [-0.1, -0.05) is 32.6 Å². The van der Waals surface area contributed by atoms with E-state index in [0.29, 0.717) is 17.8 Å². The van der Waals surface area contributed by atoms with Crippen molar-refractivity contribution in [3.63, 3.8) is 0 Å². The van der Waals surface area contributed by atoms with Crippen LogP contribution >= 0.6 is 0 Å². The highest BCUT2D eigenvalue weighted by atomic mass is 16.2. The predicted molar refractivity (Wildman–Crippen MR) is 99.3 cm³/mol. The van der Waals surface area contributed by atoms with E-state index in [1.165, 1.54) is 25.7 Å². The Hall–Kier alpha value is -1.88. The predicted octanol–water partition coefficient (Wildman–Crippen LogP) is 3.32. The molecule has 0 saturated heterocycles. The van der Waals surface area contributed by atoms with Crippen LogP contribution in [-0.4, -0.2) is 30.9 Å². The fourth-order valence-corrected chi connectivity index (χ4v) is 2.31. The van der Waals surface area contributed by atoms with E-state index in [1.54, 1.807) is 24.3 Å². The molecule has 3 N–H and O–H groups in total. The highest BCUT2D eigenvalue weighted by molar-refractivity contribution is 5.96. The van der Waals surface area contributed by atoms with E-state index in [0.717, 1.165) is 13.0 Å². The Kier molecular flexibility index (Phi) is 9.77. The van der Waals surface area contributed by atoms with Gasteiger partial charge in [-0.25, -0.2) is 0 Å². The number of hydrogen-bond acceptors (Lipinski definition) is 3. The van der Waals surface area contributed by atoms with Gasteiger partial charge in [-0.2, -0.15) is 0 Å². The molecule has 0 aliphatic rings. The van der Waals surface area contributed by atoms with Crippen molar-refractivity contribution in [1.29, 1.82) is 0 Å². The van der Waals surface area contributed by atoms with E-state index >= 15 is 0 Å². The lowest BCUT2D eigenvalue weighted by Crippen LogP contribution is -2.30. The summed E-state index contributed by atoms with van der Waals surface area (Å²) in [6.07, 6.45) is 6.11. The van der Waals surface area contributed by atoms with Gasteiger partial charge in [0.1, 0.15) is 0 Å². The standard InChI is InChI=1S/C19H31N3O2/c1-4-5-6-7-8-13-20-14-18(23)22-17-11-9-16(10-12-17)19(24)21-15(2)3/h9-12,15,20H,4-8,13-14H2,1-3H3,(H,21,24)(H,22,23). The Morgan fingerprint density at radius 2 is 1.67 bits per heavy atom. The van der Waals surface area contributed by atoms with Crippen LogP contribution in [0.2, 0.25) is 0 Å². The van der Waals surface area contributed by atoms with Gasteiger partial charge in [0.25, 0.3) is 5.91 Å². The molecule has 0 spiro atoms. The summed E-state index contributed by atoms with van der Waals surface area (Å²) in [5.41, 5.74) is 1.29. The molecule has 0 atom stereocenters. The quantitative estimate of drug-likeness (QED) is 0.544. The summed E-state index contributed by atoms with van der Waals surface area (Å²) in [6.45, 7) is 7.22. The van der Waals surface area contributed by atoms with E-state index in [1.807, 2.05) is 13.8 Å². The minimum absolute atomic E-state index is 0.0667. The summed E-state index contributed by atoms with van der Waals surface area (Å²) in [5.74, 6) is -0.171. The van der Waals surface area contributed by atoms with Crippen molar-refractivity contribution in [3.8, 4) is 0 Å². The number of carbonyl (C=O) groups is 2. The minimum atomic E-state index is -0.104. The number of hydrogen-bond donors (Lipinski definition) is 3. The zero-order valence-electron chi connectivity index (χ0n) is 15.2. The van der Waals surface area contributed by atoms with Crippen molar-refractivity contribution < 1.29 is 9.59 Å². The van der Waals surface area contributed by atoms with Crippen molar-refractivity contribution in [1.82, 2.24) is 10.6 Å².